The molecule has 0 aromatic heterocycles. The summed E-state index contributed by atoms with van der Waals surface area (Å²) in [6.45, 7) is 8.37. The van der Waals surface area contributed by atoms with Crippen LogP contribution in [0.1, 0.15) is 30.0 Å². The second-order valence-electron chi connectivity index (χ2n) is 8.24. The van der Waals surface area contributed by atoms with Crippen LogP contribution in [0.25, 0.3) is 0 Å². The van der Waals surface area contributed by atoms with E-state index in [0.717, 1.165) is 50.2 Å². The third-order valence-electron chi connectivity index (χ3n) is 5.59. The monoisotopic (exact) mass is 459 g/mol. The zero-order valence-electron chi connectivity index (χ0n) is 19.1. The number of morpholine rings is 1. The fraction of sp³-hybridized carbons (Fsp3) is 0.458. The summed E-state index contributed by atoms with van der Waals surface area (Å²) in [4.78, 5) is 15.3. The number of hydrogen-bond acceptors (Lipinski definition) is 5. The second-order valence-corrected chi connectivity index (χ2v) is 10.1. The Morgan fingerprint density at radius 3 is 2.38 bits per heavy atom. The van der Waals surface area contributed by atoms with Crippen LogP contribution in [0.2, 0.25) is 0 Å². The van der Waals surface area contributed by atoms with E-state index >= 15 is 0 Å². The molecule has 1 atom stereocenters. The Morgan fingerprint density at radius 2 is 1.78 bits per heavy atom. The van der Waals surface area contributed by atoms with E-state index in [1.54, 1.807) is 18.2 Å². The molecule has 8 heteroatoms. The molecule has 1 N–H and O–H groups in total. The minimum absolute atomic E-state index is 0.308. The van der Waals surface area contributed by atoms with Crippen LogP contribution in [0.4, 0.5) is 5.69 Å². The Bertz CT molecular complexity index is 1000. The van der Waals surface area contributed by atoms with Gasteiger partial charge in [0.15, 0.2) is 0 Å². The van der Waals surface area contributed by atoms with Gasteiger partial charge >= 0.3 is 0 Å². The number of nitrogens with one attached hydrogen (secondary N) is 1. The lowest BCUT2D eigenvalue weighted by Crippen LogP contribution is -2.49. The van der Waals surface area contributed by atoms with E-state index < -0.39 is 16.1 Å². The fourth-order valence-corrected chi connectivity index (χ4v) is 5.12. The Hall–Kier alpha value is -2.42. The lowest BCUT2D eigenvalue weighted by atomic mass is 10.1. The highest BCUT2D eigenvalue weighted by molar-refractivity contribution is 7.92. The summed E-state index contributed by atoms with van der Waals surface area (Å²) in [6, 6.07) is 14.5. The molecule has 32 heavy (non-hydrogen) atoms. The van der Waals surface area contributed by atoms with E-state index in [2.05, 4.69) is 22.3 Å². The molecule has 174 valence electrons. The smallest absolute Gasteiger partial charge is 0.244 e. The predicted molar refractivity (Wildman–Crippen MR) is 127 cm³/mol. The van der Waals surface area contributed by atoms with Crippen LogP contribution >= 0.6 is 0 Å². The molecule has 0 radical (unpaired) electrons. The molecule has 0 bridgehead atoms. The van der Waals surface area contributed by atoms with Gasteiger partial charge in [0.05, 0.1) is 25.2 Å². The van der Waals surface area contributed by atoms with Crippen molar-refractivity contribution in [2.24, 2.45) is 0 Å². The molecule has 0 aliphatic carbocycles. The summed E-state index contributed by atoms with van der Waals surface area (Å²) < 4.78 is 31.7. The largest absolute Gasteiger partial charge is 0.379 e. The van der Waals surface area contributed by atoms with Crippen LogP contribution < -0.4 is 9.62 Å². The van der Waals surface area contributed by atoms with Gasteiger partial charge in [-0.3, -0.25) is 14.0 Å². The van der Waals surface area contributed by atoms with E-state index in [1.807, 2.05) is 32.0 Å². The van der Waals surface area contributed by atoms with E-state index in [4.69, 9.17) is 4.74 Å². The lowest BCUT2D eigenvalue weighted by Gasteiger charge is -2.30. The maximum Gasteiger partial charge on any atom is 0.244 e. The van der Waals surface area contributed by atoms with Gasteiger partial charge in [-0.15, -0.1) is 0 Å². The number of aryl methyl sites for hydroxylation is 1. The molecule has 2 aromatic carbocycles. The minimum atomic E-state index is -3.63. The number of anilines is 1. The molecule has 1 amide bonds. The predicted octanol–water partition coefficient (Wildman–Crippen LogP) is 2.69. The number of hydrogen-bond donors (Lipinski definition) is 1. The van der Waals surface area contributed by atoms with Crippen molar-refractivity contribution in [3.63, 3.8) is 0 Å². The molecule has 0 spiro atoms. The summed E-state index contributed by atoms with van der Waals surface area (Å²) in [7, 11) is -3.63. The topological polar surface area (TPSA) is 79.0 Å². The normalized spacial score (nSPS) is 15.8. The quantitative estimate of drug-likeness (QED) is 0.624. The zero-order chi connectivity index (χ0) is 23.1. The van der Waals surface area contributed by atoms with Crippen molar-refractivity contribution in [3.05, 3.63) is 65.2 Å². The first-order valence-corrected chi connectivity index (χ1v) is 12.8. The summed E-state index contributed by atoms with van der Waals surface area (Å²) in [6.07, 6.45) is 1.50. The van der Waals surface area contributed by atoms with Crippen molar-refractivity contribution in [2.75, 3.05) is 36.9 Å². The maximum atomic E-state index is 13.0. The first-order chi connectivity index (χ1) is 15.3. The first kappa shape index (κ1) is 24.2. The van der Waals surface area contributed by atoms with Crippen molar-refractivity contribution in [1.82, 2.24) is 10.2 Å². The van der Waals surface area contributed by atoms with Crippen molar-refractivity contribution in [3.8, 4) is 0 Å². The van der Waals surface area contributed by atoms with Gasteiger partial charge in [-0.05, 0) is 42.2 Å². The molecule has 3 rings (SSSR count). The molecule has 1 heterocycles. The first-order valence-electron chi connectivity index (χ1n) is 11.0. The number of rotatable bonds is 9. The van der Waals surface area contributed by atoms with Crippen LogP contribution in [-0.2, 0) is 32.6 Å². The van der Waals surface area contributed by atoms with Gasteiger partial charge in [-0.1, -0.05) is 43.3 Å². The summed E-state index contributed by atoms with van der Waals surface area (Å²) in [5.74, 6) is -0.308. The van der Waals surface area contributed by atoms with Crippen LogP contribution in [-0.4, -0.2) is 57.8 Å². The Kier molecular flexibility index (Phi) is 8.28. The van der Waals surface area contributed by atoms with Crippen molar-refractivity contribution in [2.45, 2.75) is 39.4 Å². The molecular weight excluding hydrogens is 426 g/mol. The number of carbonyl (C=O) groups excluding carboxylic acids is 1. The fourth-order valence-electron chi connectivity index (χ4n) is 3.91. The summed E-state index contributed by atoms with van der Waals surface area (Å²) in [5.41, 5.74) is 3.63. The lowest BCUT2D eigenvalue weighted by molar-refractivity contribution is -0.122. The highest BCUT2D eigenvalue weighted by atomic mass is 32.2. The molecule has 1 aliphatic heterocycles. The van der Waals surface area contributed by atoms with E-state index in [-0.39, 0.29) is 5.91 Å². The van der Waals surface area contributed by atoms with Gasteiger partial charge < -0.3 is 10.1 Å². The number of benzene rings is 2. The Labute approximate surface area is 191 Å². The third kappa shape index (κ3) is 6.54. The number of amides is 1. The van der Waals surface area contributed by atoms with Gasteiger partial charge in [-0.2, -0.15) is 0 Å². The minimum Gasteiger partial charge on any atom is -0.379 e. The molecule has 7 nitrogen and oxygen atoms in total. The third-order valence-corrected chi connectivity index (χ3v) is 6.77. The van der Waals surface area contributed by atoms with Crippen molar-refractivity contribution in [1.29, 1.82) is 0 Å². The number of nitrogens with zero attached hydrogens (tertiary/aromatic N) is 2. The van der Waals surface area contributed by atoms with Gasteiger partial charge in [-0.25, -0.2) is 8.42 Å². The van der Waals surface area contributed by atoms with Gasteiger partial charge in [0, 0.05) is 26.2 Å². The van der Waals surface area contributed by atoms with Crippen LogP contribution in [0, 0.1) is 6.92 Å². The average molecular weight is 460 g/mol. The van der Waals surface area contributed by atoms with Gasteiger partial charge in [0.2, 0.25) is 15.9 Å². The molecule has 2 aromatic rings. The Balaban J connectivity index is 1.65. The summed E-state index contributed by atoms with van der Waals surface area (Å²) >= 11 is 0. The molecule has 1 saturated heterocycles. The van der Waals surface area contributed by atoms with Crippen molar-refractivity contribution < 1.29 is 17.9 Å². The number of sulfonamides is 1. The SMILES string of the molecule is CCC(C(=O)NCc1ccc(CN2CCOCC2)cc1)N(c1cccc(C)c1)S(C)(=O)=O. The summed E-state index contributed by atoms with van der Waals surface area (Å²) in [5, 5.41) is 2.92. The highest BCUT2D eigenvalue weighted by Gasteiger charge is 2.31. The van der Waals surface area contributed by atoms with E-state index in [0.29, 0.717) is 18.7 Å². The van der Waals surface area contributed by atoms with Crippen LogP contribution in [0.15, 0.2) is 48.5 Å². The molecule has 1 unspecified atom stereocenters. The second kappa shape index (κ2) is 10.9. The van der Waals surface area contributed by atoms with E-state index in [1.165, 1.54) is 9.87 Å². The number of ether oxygens (including phenoxy) is 1. The van der Waals surface area contributed by atoms with Crippen LogP contribution in [0.5, 0.6) is 0 Å². The highest BCUT2D eigenvalue weighted by Crippen LogP contribution is 2.23. The van der Waals surface area contributed by atoms with Gasteiger partial charge in [0.25, 0.3) is 0 Å². The maximum absolute atomic E-state index is 13.0. The average Bonchev–Trinajstić information content (AvgIpc) is 2.76. The number of carbonyl (C=O) groups is 1. The molecular formula is C24H33N3O4S. The van der Waals surface area contributed by atoms with Crippen LogP contribution in [0.3, 0.4) is 0 Å². The van der Waals surface area contributed by atoms with Gasteiger partial charge in [0.1, 0.15) is 6.04 Å². The molecule has 0 saturated carbocycles. The zero-order valence-corrected chi connectivity index (χ0v) is 19.9. The Morgan fingerprint density at radius 1 is 1.12 bits per heavy atom. The standard InChI is InChI=1S/C24H33N3O4S/c1-4-23(27(32(3,29)30)22-7-5-6-19(2)16-22)24(28)25-17-20-8-10-21(11-9-20)18-26-12-14-31-15-13-26/h5-11,16,23H,4,12-15,17-18H2,1-3H3,(H,25,28). The molecule has 1 aliphatic rings. The van der Waals surface area contributed by atoms with Crippen molar-refractivity contribution >= 4 is 21.6 Å². The van der Waals surface area contributed by atoms with E-state index in [9.17, 15) is 13.2 Å². The molecule has 1 fully saturated rings.